The smallest absolute Gasteiger partial charge is 0.410 e. The van der Waals surface area contributed by atoms with Gasteiger partial charge < -0.3 is 4.74 Å². The number of aryl methyl sites for hydroxylation is 1. The molecule has 1 fully saturated rings. The molecule has 0 aliphatic carbocycles. The molecule has 0 saturated carbocycles. The molecule has 1 aliphatic rings. The third-order valence-corrected chi connectivity index (χ3v) is 4.70. The molecule has 6 nitrogen and oxygen atoms in total. The topological polar surface area (TPSA) is 72.9 Å². The number of ether oxygens (including phenoxy) is 1. The molecule has 1 aliphatic heterocycles. The third kappa shape index (κ3) is 3.78. The van der Waals surface area contributed by atoms with Gasteiger partial charge in [-0.05, 0) is 39.8 Å². The second-order valence-corrected chi connectivity index (χ2v) is 7.95. The Labute approximate surface area is 131 Å². The lowest BCUT2D eigenvalue weighted by atomic mass is 10.1. The molecule has 1 atom stereocenters. The normalized spacial score (nSPS) is 19.4. The van der Waals surface area contributed by atoms with Crippen molar-refractivity contribution in [3.63, 3.8) is 0 Å². The number of carbonyl (C=O) groups is 1. The summed E-state index contributed by atoms with van der Waals surface area (Å²) in [5, 5.41) is 0. The molecule has 0 spiro atoms. The molecule has 1 heterocycles. The minimum absolute atomic E-state index is 0.0927. The lowest BCUT2D eigenvalue weighted by molar-refractivity contribution is 0.101. The van der Waals surface area contributed by atoms with Crippen LogP contribution in [0.3, 0.4) is 0 Å². The van der Waals surface area contributed by atoms with E-state index >= 15 is 0 Å². The van der Waals surface area contributed by atoms with Crippen molar-refractivity contribution in [2.75, 3.05) is 13.2 Å². The van der Waals surface area contributed by atoms with Crippen LogP contribution in [0, 0.1) is 6.92 Å². The van der Waals surface area contributed by atoms with E-state index in [1.54, 1.807) is 17.0 Å². The summed E-state index contributed by atoms with van der Waals surface area (Å²) in [4.78, 5) is 13.4. The van der Waals surface area contributed by atoms with Gasteiger partial charge in [-0.3, -0.25) is 9.08 Å². The highest BCUT2D eigenvalue weighted by Crippen LogP contribution is 2.23. The van der Waals surface area contributed by atoms with E-state index in [4.69, 9.17) is 8.92 Å². The van der Waals surface area contributed by atoms with Gasteiger partial charge in [0.05, 0.1) is 11.4 Å². The van der Waals surface area contributed by atoms with Crippen LogP contribution in [0.15, 0.2) is 29.2 Å². The molecular formula is C15H21NO5S. The van der Waals surface area contributed by atoms with Crippen molar-refractivity contribution in [2.45, 2.75) is 44.2 Å². The van der Waals surface area contributed by atoms with E-state index in [1.165, 1.54) is 12.1 Å². The minimum atomic E-state index is -3.84. The SMILES string of the molecule is Cc1ccc(S(=O)(=O)OC[C@@H]2CN(C(C)(C)C)C(=O)O2)cc1. The summed E-state index contributed by atoms with van der Waals surface area (Å²) >= 11 is 0. The maximum absolute atomic E-state index is 12.1. The summed E-state index contributed by atoms with van der Waals surface area (Å²) in [5.41, 5.74) is 0.589. The molecule has 0 aromatic heterocycles. The fourth-order valence-corrected chi connectivity index (χ4v) is 3.03. The second-order valence-electron chi connectivity index (χ2n) is 6.34. The molecule has 7 heteroatoms. The fourth-order valence-electron chi connectivity index (χ4n) is 2.09. The largest absolute Gasteiger partial charge is 0.442 e. The summed E-state index contributed by atoms with van der Waals surface area (Å²) in [7, 11) is -3.84. The lowest BCUT2D eigenvalue weighted by Gasteiger charge is -2.29. The minimum Gasteiger partial charge on any atom is -0.442 e. The van der Waals surface area contributed by atoms with Crippen LogP contribution >= 0.6 is 0 Å². The maximum atomic E-state index is 12.1. The van der Waals surface area contributed by atoms with Crippen LogP contribution < -0.4 is 0 Å². The zero-order chi connectivity index (χ0) is 16.5. The molecule has 0 radical (unpaired) electrons. The predicted molar refractivity (Wildman–Crippen MR) is 81.0 cm³/mol. The molecular weight excluding hydrogens is 306 g/mol. The van der Waals surface area contributed by atoms with E-state index in [0.29, 0.717) is 6.54 Å². The van der Waals surface area contributed by atoms with E-state index in [0.717, 1.165) is 5.56 Å². The molecule has 2 rings (SSSR count). The number of hydrogen-bond acceptors (Lipinski definition) is 5. The highest BCUT2D eigenvalue weighted by Gasteiger charge is 2.38. The van der Waals surface area contributed by atoms with Gasteiger partial charge in [-0.15, -0.1) is 0 Å². The van der Waals surface area contributed by atoms with Crippen LogP contribution in [0.25, 0.3) is 0 Å². The van der Waals surface area contributed by atoms with Gasteiger partial charge in [0.25, 0.3) is 10.1 Å². The summed E-state index contributed by atoms with van der Waals surface area (Å²) in [6.45, 7) is 7.66. The molecule has 1 saturated heterocycles. The Bertz CT molecular complexity index is 646. The molecule has 22 heavy (non-hydrogen) atoms. The van der Waals surface area contributed by atoms with E-state index in [1.807, 2.05) is 27.7 Å². The summed E-state index contributed by atoms with van der Waals surface area (Å²) in [6.07, 6.45) is -1.04. The first-order chi connectivity index (χ1) is 10.1. The number of amides is 1. The highest BCUT2D eigenvalue weighted by atomic mass is 32.2. The van der Waals surface area contributed by atoms with Gasteiger partial charge in [-0.25, -0.2) is 4.79 Å². The lowest BCUT2D eigenvalue weighted by Crippen LogP contribution is -2.42. The van der Waals surface area contributed by atoms with Gasteiger partial charge in [0, 0.05) is 5.54 Å². The van der Waals surface area contributed by atoms with Gasteiger partial charge in [0.1, 0.15) is 12.7 Å². The number of nitrogens with zero attached hydrogens (tertiary/aromatic N) is 1. The zero-order valence-electron chi connectivity index (χ0n) is 13.2. The summed E-state index contributed by atoms with van der Waals surface area (Å²) in [5.74, 6) is 0. The second kappa shape index (κ2) is 5.89. The predicted octanol–water partition coefficient (Wildman–Crippen LogP) is 2.32. The van der Waals surface area contributed by atoms with Gasteiger partial charge in [-0.1, -0.05) is 17.7 Å². The maximum Gasteiger partial charge on any atom is 0.410 e. The Morgan fingerprint density at radius 3 is 2.36 bits per heavy atom. The zero-order valence-corrected chi connectivity index (χ0v) is 14.0. The summed E-state index contributed by atoms with van der Waals surface area (Å²) < 4.78 is 34.3. The molecule has 1 aromatic rings. The monoisotopic (exact) mass is 327 g/mol. The number of cyclic esters (lactones) is 1. The Balaban J connectivity index is 1.99. The van der Waals surface area contributed by atoms with Crippen molar-refractivity contribution in [1.29, 1.82) is 0 Å². The van der Waals surface area contributed by atoms with Crippen molar-refractivity contribution >= 4 is 16.2 Å². The van der Waals surface area contributed by atoms with Gasteiger partial charge in [0.2, 0.25) is 0 Å². The van der Waals surface area contributed by atoms with Gasteiger partial charge in [-0.2, -0.15) is 8.42 Å². The van der Waals surface area contributed by atoms with Gasteiger partial charge >= 0.3 is 6.09 Å². The number of benzene rings is 1. The Morgan fingerprint density at radius 2 is 1.86 bits per heavy atom. The Kier molecular flexibility index (Phi) is 4.49. The van der Waals surface area contributed by atoms with Crippen LogP contribution in [-0.2, 0) is 19.0 Å². The van der Waals surface area contributed by atoms with E-state index in [-0.39, 0.29) is 17.0 Å². The molecule has 0 unspecified atom stereocenters. The number of carbonyl (C=O) groups excluding carboxylic acids is 1. The van der Waals surface area contributed by atoms with Crippen molar-refractivity contribution in [2.24, 2.45) is 0 Å². The first-order valence-electron chi connectivity index (χ1n) is 7.04. The summed E-state index contributed by atoms with van der Waals surface area (Å²) in [6, 6.07) is 6.39. The Hall–Kier alpha value is -1.60. The van der Waals surface area contributed by atoms with Crippen LogP contribution in [0.2, 0.25) is 0 Å². The van der Waals surface area contributed by atoms with Crippen molar-refractivity contribution in [3.8, 4) is 0 Å². The number of rotatable bonds is 4. The third-order valence-electron chi connectivity index (χ3n) is 3.40. The fraction of sp³-hybridized carbons (Fsp3) is 0.533. The standard InChI is InChI=1S/C15H21NO5S/c1-11-5-7-13(8-6-11)22(18,19)20-10-12-9-16(14(17)21-12)15(2,3)4/h5-8,12H,9-10H2,1-4H3/t12-/m0/s1. The van der Waals surface area contributed by atoms with E-state index < -0.39 is 22.3 Å². The molecule has 1 aromatic carbocycles. The first kappa shape index (κ1) is 16.8. The average Bonchev–Trinajstić information content (AvgIpc) is 2.78. The van der Waals surface area contributed by atoms with Crippen LogP contribution in [0.4, 0.5) is 4.79 Å². The van der Waals surface area contributed by atoms with Crippen molar-refractivity contribution in [3.05, 3.63) is 29.8 Å². The molecule has 0 N–H and O–H groups in total. The average molecular weight is 327 g/mol. The molecule has 1 amide bonds. The van der Waals surface area contributed by atoms with Crippen LogP contribution in [0.1, 0.15) is 26.3 Å². The molecule has 122 valence electrons. The van der Waals surface area contributed by atoms with E-state index in [2.05, 4.69) is 0 Å². The number of hydrogen-bond donors (Lipinski definition) is 0. The van der Waals surface area contributed by atoms with Crippen molar-refractivity contribution in [1.82, 2.24) is 4.90 Å². The van der Waals surface area contributed by atoms with Crippen molar-refractivity contribution < 1.29 is 22.1 Å². The highest BCUT2D eigenvalue weighted by molar-refractivity contribution is 7.86. The first-order valence-corrected chi connectivity index (χ1v) is 8.45. The van der Waals surface area contributed by atoms with Crippen LogP contribution in [-0.4, -0.2) is 44.2 Å². The van der Waals surface area contributed by atoms with Gasteiger partial charge in [0.15, 0.2) is 0 Å². The quantitative estimate of drug-likeness (QED) is 0.794. The molecule has 0 bridgehead atoms. The Morgan fingerprint density at radius 1 is 1.27 bits per heavy atom. The van der Waals surface area contributed by atoms with Crippen LogP contribution in [0.5, 0.6) is 0 Å². The van der Waals surface area contributed by atoms with E-state index in [9.17, 15) is 13.2 Å².